The van der Waals surface area contributed by atoms with E-state index in [1.54, 1.807) is 23.2 Å². The van der Waals surface area contributed by atoms with Crippen LogP contribution in [-0.2, 0) is 9.59 Å². The number of imidazole rings is 1. The Morgan fingerprint density at radius 1 is 1.05 bits per heavy atom. The number of benzene rings is 1. The van der Waals surface area contributed by atoms with E-state index in [0.717, 1.165) is 42.4 Å². The summed E-state index contributed by atoms with van der Waals surface area (Å²) in [6.45, 7) is 3.80. The van der Waals surface area contributed by atoms with Gasteiger partial charge in [0.15, 0.2) is 0 Å². The Morgan fingerprint density at radius 2 is 1.95 bits per heavy atom. The zero-order valence-corrected chi connectivity index (χ0v) is 23.9. The first kappa shape index (κ1) is 25.7. The van der Waals surface area contributed by atoms with Crippen molar-refractivity contribution in [3.05, 3.63) is 59.5 Å². The molecule has 7 rings (SSSR count). The van der Waals surface area contributed by atoms with E-state index in [9.17, 15) is 9.59 Å². The van der Waals surface area contributed by atoms with Crippen LogP contribution in [0, 0.1) is 11.8 Å². The van der Waals surface area contributed by atoms with Crippen LogP contribution in [0.1, 0.15) is 68.0 Å². The van der Waals surface area contributed by atoms with Gasteiger partial charge in [0, 0.05) is 55.4 Å². The summed E-state index contributed by atoms with van der Waals surface area (Å²) < 4.78 is 3.06. The number of carbonyl (C=O) groups is 2. The number of anilines is 1. The van der Waals surface area contributed by atoms with Gasteiger partial charge >= 0.3 is 11.8 Å². The van der Waals surface area contributed by atoms with Crippen molar-refractivity contribution in [3.63, 3.8) is 0 Å². The number of aromatic nitrogens is 3. The second kappa shape index (κ2) is 10.3. The quantitative estimate of drug-likeness (QED) is 0.339. The third-order valence-corrected chi connectivity index (χ3v) is 10.6. The van der Waals surface area contributed by atoms with Gasteiger partial charge in [-0.05, 0) is 74.8 Å². The Kier molecular flexibility index (Phi) is 6.59. The van der Waals surface area contributed by atoms with Gasteiger partial charge < -0.3 is 19.5 Å². The minimum absolute atomic E-state index is 0.140. The Balaban J connectivity index is 1.12. The topological polar surface area (TPSA) is 82.8 Å². The van der Waals surface area contributed by atoms with Crippen LogP contribution in [0.15, 0.2) is 48.9 Å². The first-order chi connectivity index (χ1) is 19.4. The summed E-state index contributed by atoms with van der Waals surface area (Å²) in [4.78, 5) is 40.4. The number of hydrogen-bond acceptors (Lipinski definition) is 6. The standard InChI is InChI=1S/C31H36N6O2S/c1-19-6-8-26(37(17-19)31(39)29(38)33-22-10-12-36-13-11-32-28(36)16-22)21-7-9-27-25(15-21)34-30(40-27)24-18-35(2)23-5-3-4-20(24)14-23/h7,9-13,15-16,19-20,23-24,26H,3-6,8,14,17-18H2,1-2H3,(H,33,38)/t19-,20?,23?,24?,26+/m0/s1. The lowest BCUT2D eigenvalue weighted by molar-refractivity contribution is -0.146. The lowest BCUT2D eigenvalue weighted by Crippen LogP contribution is -2.46. The number of likely N-dealkylation sites (N-methyl/N-ethyl adjacent to an activating group) is 1. The molecule has 3 unspecified atom stereocenters. The largest absolute Gasteiger partial charge is 0.327 e. The number of rotatable bonds is 3. The summed E-state index contributed by atoms with van der Waals surface area (Å²) in [5, 5.41) is 4.05. The van der Waals surface area contributed by atoms with E-state index in [1.165, 1.54) is 35.4 Å². The first-order valence-electron chi connectivity index (χ1n) is 14.6. The summed E-state index contributed by atoms with van der Waals surface area (Å²) >= 11 is 1.83. The summed E-state index contributed by atoms with van der Waals surface area (Å²) in [5.74, 6) is 0.471. The number of nitrogens with zero attached hydrogens (tertiary/aromatic N) is 5. The Bertz CT molecular complexity index is 1580. The summed E-state index contributed by atoms with van der Waals surface area (Å²) in [5.41, 5.74) is 3.36. The fourth-order valence-electron chi connectivity index (χ4n) is 7.21. The number of likely N-dealkylation sites (tertiary alicyclic amines) is 2. The molecule has 2 amide bonds. The smallest absolute Gasteiger partial charge is 0.313 e. The van der Waals surface area contributed by atoms with Gasteiger partial charge in [-0.15, -0.1) is 11.3 Å². The molecule has 3 aromatic heterocycles. The van der Waals surface area contributed by atoms with E-state index in [0.29, 0.717) is 29.7 Å². The highest BCUT2D eigenvalue weighted by Crippen LogP contribution is 2.44. The lowest BCUT2D eigenvalue weighted by Gasteiger charge is -2.45. The van der Waals surface area contributed by atoms with Crippen LogP contribution in [0.4, 0.5) is 5.69 Å². The van der Waals surface area contributed by atoms with Crippen molar-refractivity contribution in [2.24, 2.45) is 11.8 Å². The molecule has 9 heteroatoms. The van der Waals surface area contributed by atoms with Gasteiger partial charge in [0.2, 0.25) is 0 Å². The Morgan fingerprint density at radius 3 is 2.85 bits per heavy atom. The van der Waals surface area contributed by atoms with Crippen molar-refractivity contribution in [2.45, 2.75) is 63.5 Å². The average Bonchev–Trinajstić information content (AvgIpc) is 3.61. The van der Waals surface area contributed by atoms with Crippen molar-refractivity contribution in [1.82, 2.24) is 24.2 Å². The lowest BCUT2D eigenvalue weighted by atomic mass is 9.74. The highest BCUT2D eigenvalue weighted by atomic mass is 32.1. The molecule has 1 saturated carbocycles. The van der Waals surface area contributed by atoms with Crippen LogP contribution in [0.5, 0.6) is 0 Å². The molecule has 0 radical (unpaired) electrons. The highest BCUT2D eigenvalue weighted by molar-refractivity contribution is 7.18. The van der Waals surface area contributed by atoms with Gasteiger partial charge in [-0.2, -0.15) is 0 Å². The van der Waals surface area contributed by atoms with E-state index in [2.05, 4.69) is 47.4 Å². The van der Waals surface area contributed by atoms with Crippen LogP contribution in [-0.4, -0.2) is 62.2 Å². The second-order valence-electron chi connectivity index (χ2n) is 12.1. The number of nitrogens with one attached hydrogen (secondary N) is 1. The second-order valence-corrected chi connectivity index (χ2v) is 13.2. The number of piperidine rings is 2. The maximum atomic E-state index is 13.5. The zero-order chi connectivity index (χ0) is 27.4. The van der Waals surface area contributed by atoms with Crippen LogP contribution in [0.2, 0.25) is 0 Å². The molecule has 1 aliphatic carbocycles. The molecule has 3 aliphatic rings. The molecule has 0 spiro atoms. The van der Waals surface area contributed by atoms with Crippen molar-refractivity contribution >= 4 is 44.7 Å². The first-order valence-corrected chi connectivity index (χ1v) is 15.4. The predicted octanol–water partition coefficient (Wildman–Crippen LogP) is 5.47. The van der Waals surface area contributed by atoms with Gasteiger partial charge in [0.1, 0.15) is 5.65 Å². The Hall–Kier alpha value is -3.30. The molecule has 2 bridgehead atoms. The van der Waals surface area contributed by atoms with Gasteiger partial charge in [0.05, 0.1) is 21.3 Å². The van der Waals surface area contributed by atoms with E-state index < -0.39 is 11.8 Å². The van der Waals surface area contributed by atoms with Crippen LogP contribution in [0.25, 0.3) is 15.9 Å². The third-order valence-electron chi connectivity index (χ3n) is 9.42. The van der Waals surface area contributed by atoms with E-state index in [-0.39, 0.29) is 6.04 Å². The number of carbonyl (C=O) groups excluding carboxylic acids is 2. The zero-order valence-electron chi connectivity index (χ0n) is 23.1. The number of pyridine rings is 1. The highest BCUT2D eigenvalue weighted by Gasteiger charge is 2.39. The SMILES string of the molecule is C[C@H]1CC[C@H](c2ccc3sc(C4CN(C)C5CCCC4C5)nc3c2)N(C(=O)C(=O)Nc2ccn3ccnc3c2)C1. The van der Waals surface area contributed by atoms with Crippen molar-refractivity contribution < 1.29 is 9.59 Å². The fraction of sp³-hybridized carbons (Fsp3) is 0.484. The monoisotopic (exact) mass is 556 g/mol. The number of fused-ring (bicyclic) bond motifs is 4. The van der Waals surface area contributed by atoms with Crippen LogP contribution in [0.3, 0.4) is 0 Å². The molecular formula is C31H36N6O2S. The van der Waals surface area contributed by atoms with Crippen molar-refractivity contribution in [2.75, 3.05) is 25.5 Å². The van der Waals surface area contributed by atoms with Gasteiger partial charge in [-0.1, -0.05) is 19.4 Å². The number of thiazole rings is 1. The van der Waals surface area contributed by atoms with Crippen LogP contribution >= 0.6 is 11.3 Å². The molecule has 40 heavy (non-hydrogen) atoms. The molecule has 2 saturated heterocycles. The predicted molar refractivity (Wildman–Crippen MR) is 157 cm³/mol. The molecule has 8 nitrogen and oxygen atoms in total. The molecule has 1 aromatic carbocycles. The maximum Gasteiger partial charge on any atom is 0.313 e. The number of amides is 2. The van der Waals surface area contributed by atoms with Crippen molar-refractivity contribution in [3.8, 4) is 0 Å². The Labute approximate surface area is 238 Å². The number of hydrogen-bond donors (Lipinski definition) is 1. The van der Waals surface area contributed by atoms with E-state index >= 15 is 0 Å². The fourth-order valence-corrected chi connectivity index (χ4v) is 8.34. The third kappa shape index (κ3) is 4.69. The average molecular weight is 557 g/mol. The molecule has 4 aromatic rings. The molecule has 5 atom stereocenters. The van der Waals surface area contributed by atoms with Crippen LogP contribution < -0.4 is 5.32 Å². The molecule has 1 N–H and O–H groups in total. The normalized spacial score (nSPS) is 27.2. The minimum Gasteiger partial charge on any atom is -0.327 e. The van der Waals surface area contributed by atoms with Gasteiger partial charge in [-0.3, -0.25) is 9.59 Å². The summed E-state index contributed by atoms with van der Waals surface area (Å²) in [6, 6.07) is 10.6. The van der Waals surface area contributed by atoms with Gasteiger partial charge in [0.25, 0.3) is 0 Å². The van der Waals surface area contributed by atoms with E-state index in [1.807, 2.05) is 28.1 Å². The van der Waals surface area contributed by atoms with Crippen molar-refractivity contribution in [1.29, 1.82) is 0 Å². The minimum atomic E-state index is -0.612. The molecule has 3 fully saturated rings. The van der Waals surface area contributed by atoms with E-state index in [4.69, 9.17) is 4.98 Å². The summed E-state index contributed by atoms with van der Waals surface area (Å²) in [6.07, 6.45) is 12.5. The molecular weight excluding hydrogens is 520 g/mol. The molecule has 208 valence electrons. The van der Waals surface area contributed by atoms with Gasteiger partial charge in [-0.25, -0.2) is 9.97 Å². The maximum absolute atomic E-state index is 13.5. The molecule has 2 aliphatic heterocycles. The summed E-state index contributed by atoms with van der Waals surface area (Å²) in [7, 11) is 2.27. The molecule has 5 heterocycles.